The average molecular weight is 503 g/mol. The zero-order valence-electron chi connectivity index (χ0n) is 21.5. The summed E-state index contributed by atoms with van der Waals surface area (Å²) in [5.74, 6) is -1.75. The maximum Gasteiger partial charge on any atom is 0.166 e. The Morgan fingerprint density at radius 1 is 0.595 bits per heavy atom. The minimum atomic E-state index is -0.802. The Hall–Kier alpha value is -3.53. The van der Waals surface area contributed by atoms with Crippen LogP contribution in [-0.2, 0) is 19.3 Å². The molecule has 0 atom stereocenters. The van der Waals surface area contributed by atoms with E-state index in [1.807, 2.05) is 61.5 Å². The highest BCUT2D eigenvalue weighted by molar-refractivity contribution is 5.66. The number of rotatable bonds is 11. The first-order valence-corrected chi connectivity index (χ1v) is 13.1. The van der Waals surface area contributed by atoms with Crippen LogP contribution in [0.15, 0.2) is 78.9 Å². The molecule has 37 heavy (non-hydrogen) atoms. The Bertz CT molecular complexity index is 1310. The molecule has 0 N–H and O–H groups in total. The van der Waals surface area contributed by atoms with Crippen molar-refractivity contribution >= 4 is 0 Å². The lowest BCUT2D eigenvalue weighted by Gasteiger charge is -2.11. The fourth-order valence-electron chi connectivity index (χ4n) is 4.53. The second kappa shape index (κ2) is 12.6. The molecule has 192 valence electrons. The van der Waals surface area contributed by atoms with E-state index in [9.17, 15) is 13.2 Å². The molecule has 4 aromatic rings. The number of hydrogen-bond donors (Lipinski definition) is 0. The smallest absolute Gasteiger partial charge is 0.166 e. The summed E-state index contributed by atoms with van der Waals surface area (Å²) in [6.45, 7) is 4.40. The van der Waals surface area contributed by atoms with Crippen molar-refractivity contribution < 1.29 is 17.9 Å². The predicted molar refractivity (Wildman–Crippen MR) is 145 cm³/mol. The summed E-state index contributed by atoms with van der Waals surface area (Å²) in [5, 5.41) is 0. The van der Waals surface area contributed by atoms with Crippen LogP contribution in [0.4, 0.5) is 13.2 Å². The third kappa shape index (κ3) is 6.62. The Morgan fingerprint density at radius 3 is 1.89 bits per heavy atom. The van der Waals surface area contributed by atoms with E-state index in [2.05, 4.69) is 6.92 Å². The van der Waals surface area contributed by atoms with Crippen LogP contribution in [0.3, 0.4) is 0 Å². The summed E-state index contributed by atoms with van der Waals surface area (Å²) in [6, 6.07) is 23.7. The van der Waals surface area contributed by atoms with Crippen molar-refractivity contribution in [3.05, 3.63) is 113 Å². The quantitative estimate of drug-likeness (QED) is 0.186. The number of benzene rings is 4. The van der Waals surface area contributed by atoms with Crippen LogP contribution in [-0.4, -0.2) is 6.61 Å². The van der Waals surface area contributed by atoms with Crippen molar-refractivity contribution in [2.75, 3.05) is 6.61 Å². The van der Waals surface area contributed by atoms with Gasteiger partial charge in [-0.15, -0.1) is 0 Å². The molecular formula is C33H33F3O. The zero-order valence-corrected chi connectivity index (χ0v) is 21.5. The third-order valence-corrected chi connectivity index (χ3v) is 6.70. The van der Waals surface area contributed by atoms with Gasteiger partial charge in [0, 0.05) is 5.56 Å². The van der Waals surface area contributed by atoms with Gasteiger partial charge in [0.15, 0.2) is 23.2 Å². The molecule has 0 aliphatic carbocycles. The Kier molecular flexibility index (Phi) is 9.05. The van der Waals surface area contributed by atoms with Crippen molar-refractivity contribution in [1.29, 1.82) is 0 Å². The van der Waals surface area contributed by atoms with E-state index >= 15 is 0 Å². The van der Waals surface area contributed by atoms with Gasteiger partial charge in [-0.2, -0.15) is 0 Å². The highest BCUT2D eigenvalue weighted by atomic mass is 19.2. The number of hydrogen-bond acceptors (Lipinski definition) is 1. The van der Waals surface area contributed by atoms with Gasteiger partial charge in [-0.1, -0.05) is 86.5 Å². The normalized spacial score (nSPS) is 11.1. The van der Waals surface area contributed by atoms with E-state index in [0.717, 1.165) is 29.5 Å². The molecule has 0 saturated heterocycles. The summed E-state index contributed by atoms with van der Waals surface area (Å²) in [6.07, 6.45) is 5.45. The minimum Gasteiger partial charge on any atom is -0.491 e. The largest absolute Gasteiger partial charge is 0.491 e. The summed E-state index contributed by atoms with van der Waals surface area (Å²) >= 11 is 0. The molecule has 0 radical (unpaired) electrons. The second-order valence-corrected chi connectivity index (χ2v) is 9.33. The molecule has 0 bridgehead atoms. The number of unbranched alkanes of at least 4 members (excludes halogenated alkanes) is 2. The van der Waals surface area contributed by atoms with Crippen LogP contribution in [0.5, 0.6) is 5.75 Å². The Labute approximate surface area is 217 Å². The van der Waals surface area contributed by atoms with Crippen LogP contribution < -0.4 is 4.74 Å². The number of halogens is 3. The number of ether oxygens (including phenoxy) is 1. The van der Waals surface area contributed by atoms with Gasteiger partial charge in [0.25, 0.3) is 0 Å². The lowest BCUT2D eigenvalue weighted by Crippen LogP contribution is -2.00. The standard InChI is InChI=1S/C33H33F3O/c1-3-5-6-7-23-10-15-26(16-11-23)29-20-18-27(32(35)33(29)36)17-12-24-8-13-25(14-9-24)28-19-21-31(37-4-2)30(34)22-28/h8-11,13-16,18-22H,3-7,12,17H2,1-2H3. The molecule has 4 rings (SSSR count). The molecule has 0 spiro atoms. The first-order chi connectivity index (χ1) is 18.0. The van der Waals surface area contributed by atoms with Crippen LogP contribution in [0.25, 0.3) is 22.3 Å². The molecule has 4 aromatic carbocycles. The number of aryl methyl sites for hydroxylation is 3. The van der Waals surface area contributed by atoms with Gasteiger partial charge in [0.05, 0.1) is 6.61 Å². The second-order valence-electron chi connectivity index (χ2n) is 9.33. The Balaban J connectivity index is 1.40. The summed E-state index contributed by atoms with van der Waals surface area (Å²) in [4.78, 5) is 0. The molecule has 0 aliphatic rings. The third-order valence-electron chi connectivity index (χ3n) is 6.70. The van der Waals surface area contributed by atoms with Crippen LogP contribution >= 0.6 is 0 Å². The van der Waals surface area contributed by atoms with Crippen molar-refractivity contribution in [2.24, 2.45) is 0 Å². The molecule has 0 heterocycles. The highest BCUT2D eigenvalue weighted by Crippen LogP contribution is 2.29. The van der Waals surface area contributed by atoms with E-state index < -0.39 is 17.5 Å². The average Bonchev–Trinajstić information content (AvgIpc) is 2.92. The van der Waals surface area contributed by atoms with E-state index in [-0.39, 0.29) is 11.3 Å². The van der Waals surface area contributed by atoms with E-state index in [1.54, 1.807) is 18.2 Å². The molecular weight excluding hydrogens is 469 g/mol. The predicted octanol–water partition coefficient (Wildman–Crippen LogP) is 9.35. The van der Waals surface area contributed by atoms with E-state index in [0.29, 0.717) is 30.6 Å². The van der Waals surface area contributed by atoms with Gasteiger partial charge in [0.1, 0.15) is 0 Å². The molecule has 0 aromatic heterocycles. The van der Waals surface area contributed by atoms with Gasteiger partial charge in [0.2, 0.25) is 0 Å². The molecule has 0 saturated carbocycles. The van der Waals surface area contributed by atoms with Gasteiger partial charge in [-0.3, -0.25) is 0 Å². The van der Waals surface area contributed by atoms with Crippen molar-refractivity contribution in [1.82, 2.24) is 0 Å². The first kappa shape index (κ1) is 26.5. The zero-order chi connectivity index (χ0) is 26.2. The Morgan fingerprint density at radius 2 is 1.24 bits per heavy atom. The summed E-state index contributed by atoms with van der Waals surface area (Å²) < 4.78 is 49.3. The lowest BCUT2D eigenvalue weighted by atomic mass is 9.97. The monoisotopic (exact) mass is 502 g/mol. The maximum absolute atomic E-state index is 15.0. The first-order valence-electron chi connectivity index (χ1n) is 13.1. The van der Waals surface area contributed by atoms with Gasteiger partial charge in [-0.05, 0) is 78.1 Å². The van der Waals surface area contributed by atoms with Gasteiger partial charge in [-0.25, -0.2) is 13.2 Å². The SMILES string of the molecule is CCCCCc1ccc(-c2ccc(CCc3ccc(-c4ccc(OCC)c(F)c4)cc3)c(F)c2F)cc1. The molecule has 0 fully saturated rings. The topological polar surface area (TPSA) is 9.23 Å². The maximum atomic E-state index is 15.0. The lowest BCUT2D eigenvalue weighted by molar-refractivity contribution is 0.321. The molecule has 1 nitrogen and oxygen atoms in total. The summed E-state index contributed by atoms with van der Waals surface area (Å²) in [7, 11) is 0. The molecule has 4 heteroatoms. The fourth-order valence-corrected chi connectivity index (χ4v) is 4.53. The van der Waals surface area contributed by atoms with E-state index in [1.165, 1.54) is 24.5 Å². The van der Waals surface area contributed by atoms with E-state index in [4.69, 9.17) is 4.74 Å². The fraction of sp³-hybridized carbons (Fsp3) is 0.273. The minimum absolute atomic E-state index is 0.238. The van der Waals surface area contributed by atoms with Crippen LogP contribution in [0.1, 0.15) is 49.8 Å². The van der Waals surface area contributed by atoms with Gasteiger partial charge < -0.3 is 4.74 Å². The molecule has 0 aliphatic heterocycles. The summed E-state index contributed by atoms with van der Waals surface area (Å²) in [5.41, 5.74) is 5.17. The molecule has 0 amide bonds. The molecule has 0 unspecified atom stereocenters. The van der Waals surface area contributed by atoms with Gasteiger partial charge >= 0.3 is 0 Å². The van der Waals surface area contributed by atoms with Crippen molar-refractivity contribution in [3.63, 3.8) is 0 Å². The highest BCUT2D eigenvalue weighted by Gasteiger charge is 2.15. The van der Waals surface area contributed by atoms with Crippen LogP contribution in [0, 0.1) is 17.5 Å². The van der Waals surface area contributed by atoms with Crippen LogP contribution in [0.2, 0.25) is 0 Å². The van der Waals surface area contributed by atoms with Crippen molar-refractivity contribution in [3.8, 4) is 28.0 Å². The van der Waals surface area contributed by atoms with Crippen molar-refractivity contribution in [2.45, 2.75) is 52.4 Å².